The molecule has 4 saturated heterocycles. The van der Waals surface area contributed by atoms with Gasteiger partial charge in [0.05, 0.1) is 22.5 Å². The van der Waals surface area contributed by atoms with Gasteiger partial charge in [0.1, 0.15) is 18.2 Å². The third kappa shape index (κ3) is 8.70. The maximum atomic E-state index is 13.8. The lowest BCUT2D eigenvalue weighted by Gasteiger charge is -2.46. The van der Waals surface area contributed by atoms with Gasteiger partial charge in [0, 0.05) is 31.7 Å². The van der Waals surface area contributed by atoms with E-state index in [9.17, 15) is 30.4 Å². The first-order valence-corrected chi connectivity index (χ1v) is 22.4. The fourth-order valence-electron chi connectivity index (χ4n) is 7.63. The number of piperidine rings is 2. The van der Waals surface area contributed by atoms with E-state index in [1.807, 2.05) is 44.2 Å². The third-order valence-corrected chi connectivity index (χ3v) is 13.0. The van der Waals surface area contributed by atoms with Crippen LogP contribution < -0.4 is 23.4 Å². The lowest BCUT2D eigenvalue weighted by Crippen LogP contribution is -2.58. The second kappa shape index (κ2) is 16.6. The molecule has 6 atom stereocenters. The van der Waals surface area contributed by atoms with Crippen LogP contribution in [0.1, 0.15) is 45.1 Å². The number of hydrogen-bond acceptors (Lipinski definition) is 7. The monoisotopic (exact) mass is 798 g/mol. The van der Waals surface area contributed by atoms with Gasteiger partial charge in [0.25, 0.3) is 0 Å². The van der Waals surface area contributed by atoms with Crippen molar-refractivity contribution < 1.29 is 35.1 Å². The fourth-order valence-corrected chi connectivity index (χ4v) is 11.1. The Morgan fingerprint density at radius 1 is 0.808 bits per heavy atom. The van der Waals surface area contributed by atoms with Crippen molar-refractivity contribution in [3.8, 4) is 0 Å². The zero-order chi connectivity index (χ0) is 37.7. The van der Waals surface area contributed by atoms with E-state index in [1.165, 1.54) is 45.0 Å². The Kier molecular flexibility index (Phi) is 12.8. The van der Waals surface area contributed by atoms with Crippen molar-refractivity contribution in [2.45, 2.75) is 69.3 Å². The molecule has 4 aliphatic rings. The Balaban J connectivity index is 0.000000206. The number of benzene rings is 3. The number of amides is 1. The minimum atomic E-state index is -3.79. The predicted octanol–water partition coefficient (Wildman–Crippen LogP) is 4.68. The number of likely N-dealkylation sites (tertiary alicyclic amines) is 1. The summed E-state index contributed by atoms with van der Waals surface area (Å²) in [6.07, 6.45) is 1.82. The average Bonchev–Trinajstić information content (AvgIpc) is 3.51. The van der Waals surface area contributed by atoms with E-state index in [-0.39, 0.29) is 30.9 Å². The van der Waals surface area contributed by atoms with Crippen LogP contribution in [0.15, 0.2) is 78.9 Å². The molecule has 3 N–H and O–H groups in total. The van der Waals surface area contributed by atoms with Crippen molar-refractivity contribution in [1.82, 2.24) is 19.7 Å². The lowest BCUT2D eigenvalue weighted by atomic mass is 9.83. The molecule has 2 unspecified atom stereocenters. The van der Waals surface area contributed by atoms with Gasteiger partial charge < -0.3 is 15.0 Å². The molecule has 0 aromatic heterocycles. The van der Waals surface area contributed by atoms with E-state index in [4.69, 9.17) is 4.74 Å². The zero-order valence-electron chi connectivity index (χ0n) is 29.0. The van der Waals surface area contributed by atoms with Crippen LogP contribution in [0.5, 0.6) is 0 Å². The maximum absolute atomic E-state index is 13.8. The summed E-state index contributed by atoms with van der Waals surface area (Å²) in [5, 5.41) is 3.32. The van der Waals surface area contributed by atoms with Gasteiger partial charge in [0.2, 0.25) is 0 Å². The fraction of sp³-hybridized carbons (Fsp3) is 0.441. The summed E-state index contributed by atoms with van der Waals surface area (Å²) >= 11 is 0. The van der Waals surface area contributed by atoms with Crippen molar-refractivity contribution in [1.29, 1.82) is 0 Å². The number of anilines is 2. The van der Waals surface area contributed by atoms with E-state index < -0.39 is 49.2 Å². The topological polar surface area (TPSA) is 140 Å². The summed E-state index contributed by atoms with van der Waals surface area (Å²) in [7, 11) is -2.72. The molecular weight excluding hydrogens is 752 g/mol. The van der Waals surface area contributed by atoms with Gasteiger partial charge in [-0.3, -0.25) is 8.61 Å². The summed E-state index contributed by atoms with van der Waals surface area (Å²) in [4.78, 5) is 14.2. The van der Waals surface area contributed by atoms with Crippen molar-refractivity contribution in [3.05, 3.63) is 96.1 Å². The van der Waals surface area contributed by atoms with Gasteiger partial charge in [-0.2, -0.15) is 26.3 Å². The molecule has 0 aliphatic carbocycles. The minimum absolute atomic E-state index is 0.180. The second-order valence-electron chi connectivity index (χ2n) is 13.4. The summed E-state index contributed by atoms with van der Waals surface area (Å²) in [6, 6.07) is 20.8. The Labute approximate surface area is 309 Å². The summed E-state index contributed by atoms with van der Waals surface area (Å²) in [5.41, 5.74) is 0.311. The highest BCUT2D eigenvalue weighted by molar-refractivity contribution is 7.92. The molecule has 4 fully saturated rings. The van der Waals surface area contributed by atoms with Gasteiger partial charge in [0.15, 0.2) is 0 Å². The van der Waals surface area contributed by atoms with Crippen LogP contribution in [-0.2, 0) is 31.8 Å². The Hall–Kier alpha value is -2.97. The van der Waals surface area contributed by atoms with Crippen LogP contribution in [0, 0.1) is 11.6 Å². The van der Waals surface area contributed by atoms with Gasteiger partial charge in [-0.25, -0.2) is 13.6 Å². The number of ether oxygens (including phenoxy) is 1. The Morgan fingerprint density at radius 2 is 1.35 bits per heavy atom. The molecule has 4 aliphatic heterocycles. The lowest BCUT2D eigenvalue weighted by molar-refractivity contribution is 0.0588. The van der Waals surface area contributed by atoms with E-state index >= 15 is 0 Å². The minimum Gasteiger partial charge on any atom is -0.445 e. The van der Waals surface area contributed by atoms with Crippen LogP contribution in [-0.4, -0.2) is 77.2 Å². The number of carbonyl (C=O) groups is 1. The zero-order valence-corrected chi connectivity index (χ0v) is 33.0. The van der Waals surface area contributed by atoms with E-state index in [2.05, 4.69) is 32.6 Å². The van der Waals surface area contributed by atoms with Crippen LogP contribution in [0.25, 0.3) is 0 Å². The molecule has 52 heavy (non-hydrogen) atoms. The van der Waals surface area contributed by atoms with Crippen LogP contribution >= 0.6 is 17.9 Å². The first-order chi connectivity index (χ1) is 24.7. The molecule has 0 bridgehead atoms. The average molecular weight is 799 g/mol. The Morgan fingerprint density at radius 3 is 1.85 bits per heavy atom. The van der Waals surface area contributed by atoms with Crippen LogP contribution in [0.4, 0.5) is 25.0 Å². The SMILES string of the molecule is C[C@H]1C[C@]2(CCN1)CNS(=O)(=O)N2c1cccc(F)c1.C[C@H]1C[C@]2(CCN1C(=O)OCc1ccccc1)CNS(=O)(=O)N2c1cccc(F)c1.PP. The molecular formula is C34H46F2N6O6P2S2. The molecule has 0 radical (unpaired) electrons. The van der Waals surface area contributed by atoms with Crippen molar-refractivity contribution in [2.75, 3.05) is 34.8 Å². The quantitative estimate of drug-likeness (QED) is 0.326. The van der Waals surface area contributed by atoms with Gasteiger partial charge in [-0.1, -0.05) is 42.5 Å². The predicted molar refractivity (Wildman–Crippen MR) is 205 cm³/mol. The normalized spacial score (nSPS) is 27.4. The summed E-state index contributed by atoms with van der Waals surface area (Å²) in [6.45, 7) is 5.78. The number of nitrogens with one attached hydrogen (secondary N) is 3. The smallest absolute Gasteiger partial charge is 0.410 e. The number of rotatable bonds is 4. The summed E-state index contributed by atoms with van der Waals surface area (Å²) < 4.78 is 90.6. The van der Waals surface area contributed by atoms with Gasteiger partial charge in [-0.15, -0.1) is 17.9 Å². The Bertz CT molecular complexity index is 1940. The largest absolute Gasteiger partial charge is 0.445 e. The standard InChI is InChI=1S/C21H24FN3O4S.C13H18FN3O2S.H4P2/c1-16-13-21(10-11-24(16)20(26)29-14-17-6-3-2-4-7-17)15-23-30(27,28)25(21)19-9-5-8-18(22)12-19;1-10-8-13(5-6-15-10)9-16-20(18,19)17(13)12-4-2-3-11(14)7-12;1-2/h2-9,12,16,23H,10-11,13-15H2,1H3;2-4,7,10,15-16H,5-6,8-9H2,1H3;1-2H2/t16-,21+;10-,13+;/m00./s1. The van der Waals surface area contributed by atoms with Gasteiger partial charge >= 0.3 is 26.5 Å². The molecule has 2 spiro atoms. The number of nitrogens with zero attached hydrogens (tertiary/aromatic N) is 3. The molecule has 284 valence electrons. The molecule has 7 rings (SSSR count). The molecule has 18 heteroatoms. The van der Waals surface area contributed by atoms with E-state index in [0.29, 0.717) is 44.5 Å². The molecule has 4 heterocycles. The first kappa shape index (κ1) is 40.2. The van der Waals surface area contributed by atoms with E-state index in [1.54, 1.807) is 17.0 Å². The molecule has 12 nitrogen and oxygen atoms in total. The maximum Gasteiger partial charge on any atom is 0.410 e. The van der Waals surface area contributed by atoms with E-state index in [0.717, 1.165) is 12.1 Å². The van der Waals surface area contributed by atoms with Crippen LogP contribution in [0.3, 0.4) is 0 Å². The highest BCUT2D eigenvalue weighted by Gasteiger charge is 2.54. The second-order valence-corrected chi connectivity index (χ2v) is 16.6. The van der Waals surface area contributed by atoms with Crippen LogP contribution in [0.2, 0.25) is 0 Å². The highest BCUT2D eigenvalue weighted by Crippen LogP contribution is 2.41. The highest BCUT2D eigenvalue weighted by atomic mass is 32.2. The molecule has 0 saturated carbocycles. The third-order valence-electron chi connectivity index (χ3n) is 9.83. The molecule has 3 aromatic rings. The number of carbonyl (C=O) groups excluding carboxylic acids is 1. The first-order valence-electron chi connectivity index (χ1n) is 16.9. The number of halogens is 2. The van der Waals surface area contributed by atoms with Crippen molar-refractivity contribution in [3.63, 3.8) is 0 Å². The van der Waals surface area contributed by atoms with Gasteiger partial charge in [-0.05, 0) is 88.0 Å². The van der Waals surface area contributed by atoms with Crippen molar-refractivity contribution in [2.24, 2.45) is 0 Å². The summed E-state index contributed by atoms with van der Waals surface area (Å²) in [5.74, 6) is -0.929. The molecule has 1 amide bonds. The van der Waals surface area contributed by atoms with Crippen molar-refractivity contribution >= 4 is 55.7 Å². The number of hydrogen-bond donors (Lipinski definition) is 3. The molecule has 3 aromatic carbocycles.